The van der Waals surface area contributed by atoms with Crippen LogP contribution in [0, 0.1) is 31.6 Å². The molecular formula is C29H39N5O3. The highest BCUT2D eigenvalue weighted by molar-refractivity contribution is 5.96. The van der Waals surface area contributed by atoms with Gasteiger partial charge < -0.3 is 19.9 Å². The number of carbonyl (C=O) groups is 2. The molecular weight excluding hydrogens is 466 g/mol. The summed E-state index contributed by atoms with van der Waals surface area (Å²) >= 11 is 0. The molecule has 1 aromatic heterocycles. The molecule has 0 radical (unpaired) electrons. The van der Waals surface area contributed by atoms with Gasteiger partial charge in [-0.2, -0.15) is 9.97 Å². The van der Waals surface area contributed by atoms with Gasteiger partial charge in [-0.3, -0.25) is 9.59 Å². The van der Waals surface area contributed by atoms with Crippen molar-refractivity contribution in [1.29, 1.82) is 0 Å². The van der Waals surface area contributed by atoms with E-state index in [1.807, 2.05) is 36.9 Å². The zero-order chi connectivity index (χ0) is 25.9. The highest BCUT2D eigenvalue weighted by Gasteiger charge is 2.42. The SMILES string of the molecule is COc1nc(C)c(C(=O)N2CC3CN(CCC(NC(=O)C4CCCC4)c4ccccc4)C[C@H]3C2)c(C)n1. The van der Waals surface area contributed by atoms with E-state index in [0.717, 1.165) is 64.8 Å². The van der Waals surface area contributed by atoms with Gasteiger partial charge >= 0.3 is 6.01 Å². The maximum absolute atomic E-state index is 13.3. The van der Waals surface area contributed by atoms with Crippen molar-refractivity contribution in [2.45, 2.75) is 52.0 Å². The van der Waals surface area contributed by atoms with Crippen LogP contribution in [0.5, 0.6) is 6.01 Å². The van der Waals surface area contributed by atoms with E-state index in [0.29, 0.717) is 34.8 Å². The van der Waals surface area contributed by atoms with Crippen LogP contribution in [0.1, 0.15) is 65.5 Å². The summed E-state index contributed by atoms with van der Waals surface area (Å²) < 4.78 is 5.15. The lowest BCUT2D eigenvalue weighted by Crippen LogP contribution is -2.37. The smallest absolute Gasteiger partial charge is 0.316 e. The quantitative estimate of drug-likeness (QED) is 0.591. The van der Waals surface area contributed by atoms with E-state index in [4.69, 9.17) is 4.74 Å². The predicted molar refractivity (Wildman–Crippen MR) is 141 cm³/mol. The second-order valence-electron chi connectivity index (χ2n) is 11.0. The Balaban J connectivity index is 1.17. The van der Waals surface area contributed by atoms with Crippen LogP contribution in [0.15, 0.2) is 30.3 Å². The lowest BCUT2D eigenvalue weighted by molar-refractivity contribution is -0.125. The number of ether oxygens (including phenoxy) is 1. The molecule has 3 heterocycles. The molecule has 0 spiro atoms. The third kappa shape index (κ3) is 5.64. The van der Waals surface area contributed by atoms with Crippen LogP contribution in [0.2, 0.25) is 0 Å². The van der Waals surface area contributed by atoms with Crippen LogP contribution in [0.25, 0.3) is 0 Å². The van der Waals surface area contributed by atoms with Crippen LogP contribution in [-0.4, -0.2) is 71.4 Å². The van der Waals surface area contributed by atoms with Crippen LogP contribution in [0.4, 0.5) is 0 Å². The predicted octanol–water partition coefficient (Wildman–Crippen LogP) is 3.54. The number of rotatable bonds is 8. The molecule has 2 aliphatic heterocycles. The van der Waals surface area contributed by atoms with Crippen LogP contribution in [-0.2, 0) is 4.79 Å². The summed E-state index contributed by atoms with van der Waals surface area (Å²) in [5.74, 6) is 1.37. The fourth-order valence-corrected chi connectivity index (χ4v) is 6.48. The fourth-order valence-electron chi connectivity index (χ4n) is 6.48. The minimum Gasteiger partial charge on any atom is -0.467 e. The van der Waals surface area contributed by atoms with Crippen molar-refractivity contribution in [3.8, 4) is 6.01 Å². The third-order valence-corrected chi connectivity index (χ3v) is 8.47. The molecule has 0 bridgehead atoms. The first-order chi connectivity index (χ1) is 17.9. The van der Waals surface area contributed by atoms with Crippen molar-refractivity contribution in [3.63, 3.8) is 0 Å². The average molecular weight is 506 g/mol. The number of amides is 2. The molecule has 1 aromatic carbocycles. The molecule has 8 heteroatoms. The number of benzene rings is 1. The topological polar surface area (TPSA) is 87.7 Å². The van der Waals surface area contributed by atoms with Gasteiger partial charge in [-0.15, -0.1) is 0 Å². The summed E-state index contributed by atoms with van der Waals surface area (Å²) in [7, 11) is 1.54. The van der Waals surface area contributed by atoms with Crippen molar-refractivity contribution in [1.82, 2.24) is 25.1 Å². The molecule has 3 fully saturated rings. The highest BCUT2D eigenvalue weighted by atomic mass is 16.5. The van der Waals surface area contributed by atoms with Crippen LogP contribution < -0.4 is 10.1 Å². The minimum absolute atomic E-state index is 0.0253. The van der Waals surface area contributed by atoms with Crippen LogP contribution in [0.3, 0.4) is 0 Å². The molecule has 1 saturated carbocycles. The summed E-state index contributed by atoms with van der Waals surface area (Å²) in [5, 5.41) is 3.37. The Morgan fingerprint density at radius 1 is 1.00 bits per heavy atom. The molecule has 37 heavy (non-hydrogen) atoms. The molecule has 198 valence electrons. The lowest BCUT2D eigenvalue weighted by atomic mass is 10.0. The summed E-state index contributed by atoms with van der Waals surface area (Å²) in [4.78, 5) is 39.4. The Labute approximate surface area is 219 Å². The standard InChI is InChI=1S/C29H39N5O3/c1-19-26(20(2)31-29(30-19)37-3)28(36)34-17-23-15-33(16-24(23)18-34)14-13-25(21-9-5-4-6-10-21)32-27(35)22-11-7-8-12-22/h4-6,9-10,22-25H,7-8,11-18H2,1-3H3,(H,32,35)/t23-,24?,25?/m0/s1. The minimum atomic E-state index is 0.0253. The van der Waals surface area contributed by atoms with Gasteiger partial charge in [0.05, 0.1) is 30.1 Å². The Bertz CT molecular complexity index is 1080. The van der Waals surface area contributed by atoms with Gasteiger partial charge in [-0.1, -0.05) is 43.2 Å². The highest BCUT2D eigenvalue weighted by Crippen LogP contribution is 2.33. The van der Waals surface area contributed by atoms with Gasteiger partial charge in [0, 0.05) is 38.6 Å². The maximum atomic E-state index is 13.3. The fraction of sp³-hybridized carbons (Fsp3) is 0.586. The summed E-state index contributed by atoms with van der Waals surface area (Å²) in [5.41, 5.74) is 3.11. The first kappa shape index (κ1) is 25.6. The van der Waals surface area contributed by atoms with Crippen molar-refractivity contribution in [3.05, 3.63) is 52.8 Å². The van der Waals surface area contributed by atoms with E-state index >= 15 is 0 Å². The van der Waals surface area contributed by atoms with E-state index in [1.54, 1.807) is 0 Å². The number of hydrogen-bond donors (Lipinski definition) is 1. The molecule has 3 aliphatic rings. The molecule has 1 aliphatic carbocycles. The molecule has 5 rings (SSSR count). The third-order valence-electron chi connectivity index (χ3n) is 8.47. The van der Waals surface area contributed by atoms with Crippen molar-refractivity contribution in [2.24, 2.45) is 17.8 Å². The number of carbonyl (C=O) groups excluding carboxylic acids is 2. The van der Waals surface area contributed by atoms with Gasteiger partial charge in [0.2, 0.25) is 5.91 Å². The summed E-state index contributed by atoms with van der Waals surface area (Å²) in [6, 6.07) is 10.7. The normalized spacial score (nSPS) is 22.7. The molecule has 8 nitrogen and oxygen atoms in total. The molecule has 1 N–H and O–H groups in total. The van der Waals surface area contributed by atoms with Gasteiger partial charge in [0.1, 0.15) is 0 Å². The molecule has 2 aromatic rings. The van der Waals surface area contributed by atoms with E-state index in [1.165, 1.54) is 12.7 Å². The Morgan fingerprint density at radius 2 is 1.62 bits per heavy atom. The van der Waals surface area contributed by atoms with Crippen LogP contribution >= 0.6 is 0 Å². The number of nitrogens with one attached hydrogen (secondary N) is 1. The maximum Gasteiger partial charge on any atom is 0.316 e. The zero-order valence-electron chi connectivity index (χ0n) is 22.3. The Hall–Kier alpha value is -3.00. The van der Waals surface area contributed by atoms with E-state index in [2.05, 4.69) is 32.3 Å². The monoisotopic (exact) mass is 505 g/mol. The number of hydrogen-bond acceptors (Lipinski definition) is 6. The molecule has 2 amide bonds. The molecule has 3 atom stereocenters. The first-order valence-corrected chi connectivity index (χ1v) is 13.7. The van der Waals surface area contributed by atoms with Crippen molar-refractivity contribution >= 4 is 11.8 Å². The summed E-state index contributed by atoms with van der Waals surface area (Å²) in [6.45, 7) is 8.15. The largest absolute Gasteiger partial charge is 0.467 e. The lowest BCUT2D eigenvalue weighted by Gasteiger charge is -2.26. The second-order valence-corrected chi connectivity index (χ2v) is 11.0. The van der Waals surface area contributed by atoms with E-state index in [9.17, 15) is 9.59 Å². The number of aryl methyl sites for hydroxylation is 2. The van der Waals surface area contributed by atoms with Gasteiger partial charge in [-0.25, -0.2) is 0 Å². The van der Waals surface area contributed by atoms with Gasteiger partial charge in [0.25, 0.3) is 5.91 Å². The van der Waals surface area contributed by atoms with Crippen molar-refractivity contribution in [2.75, 3.05) is 39.8 Å². The zero-order valence-corrected chi connectivity index (χ0v) is 22.3. The van der Waals surface area contributed by atoms with E-state index < -0.39 is 0 Å². The number of methoxy groups -OCH3 is 1. The average Bonchev–Trinajstić information content (AvgIpc) is 3.63. The molecule has 2 unspecified atom stereocenters. The first-order valence-electron chi connectivity index (χ1n) is 13.7. The number of fused-ring (bicyclic) bond motifs is 1. The number of likely N-dealkylation sites (tertiary alicyclic amines) is 2. The van der Waals surface area contributed by atoms with Crippen molar-refractivity contribution < 1.29 is 14.3 Å². The molecule has 2 saturated heterocycles. The summed E-state index contributed by atoms with van der Waals surface area (Å²) in [6.07, 6.45) is 5.25. The van der Waals surface area contributed by atoms with Gasteiger partial charge in [-0.05, 0) is 50.5 Å². The number of nitrogens with zero attached hydrogens (tertiary/aromatic N) is 4. The second kappa shape index (κ2) is 11.2. The van der Waals surface area contributed by atoms with Gasteiger partial charge in [0.15, 0.2) is 0 Å². The van der Waals surface area contributed by atoms with E-state index in [-0.39, 0.29) is 23.8 Å². The Morgan fingerprint density at radius 3 is 2.22 bits per heavy atom. The Kier molecular flexibility index (Phi) is 7.74. The number of aromatic nitrogens is 2.